The zero-order valence-corrected chi connectivity index (χ0v) is 21.6. The molecule has 0 bridgehead atoms. The maximum Gasteiger partial charge on any atom is 0.329 e. The quantitative estimate of drug-likeness (QED) is 0.225. The van der Waals surface area contributed by atoms with E-state index in [9.17, 15) is 19.8 Å². The van der Waals surface area contributed by atoms with Crippen LogP contribution in [0.1, 0.15) is 5.56 Å². The molecular weight excluding hydrogens is 514 g/mol. The van der Waals surface area contributed by atoms with E-state index in [1.54, 1.807) is 0 Å². The van der Waals surface area contributed by atoms with Crippen LogP contribution in [0, 0.1) is 6.92 Å². The Morgan fingerprint density at radius 1 is 1.02 bits per heavy atom. The molecule has 0 radical (unpaired) electrons. The molecule has 1 unspecified atom stereocenters. The standard InChI is InChI=1S/C28H25N7O5/c1-15-7-10-21-20(11-15)22(25(37)29-21)32-33-27-30-24-23(26(38)31-28(39)34(24)2)35(27)13-18(36)14-40-19-9-8-16-5-3-4-6-17(16)12-19/h3-12,18,29,36-37H,13-14H2,1-2H3,(H,31,38,39). The third-order valence-electron chi connectivity index (χ3n) is 6.69. The van der Waals surface area contributed by atoms with Gasteiger partial charge in [-0.15, -0.1) is 10.2 Å². The molecule has 202 valence electrons. The summed E-state index contributed by atoms with van der Waals surface area (Å²) in [5, 5.41) is 32.5. The highest BCUT2D eigenvalue weighted by Gasteiger charge is 2.21. The van der Waals surface area contributed by atoms with Crippen LogP contribution in [0.4, 0.5) is 11.6 Å². The molecule has 0 amide bonds. The topological polar surface area (TPSA) is 163 Å². The van der Waals surface area contributed by atoms with Crippen molar-refractivity contribution >= 4 is 44.5 Å². The molecule has 0 aliphatic rings. The van der Waals surface area contributed by atoms with Crippen molar-refractivity contribution in [3.8, 4) is 11.6 Å². The van der Waals surface area contributed by atoms with Gasteiger partial charge in [0.15, 0.2) is 16.9 Å². The second-order valence-electron chi connectivity index (χ2n) is 9.56. The third kappa shape index (κ3) is 4.50. The lowest BCUT2D eigenvalue weighted by atomic mass is 10.1. The molecule has 4 N–H and O–H groups in total. The third-order valence-corrected chi connectivity index (χ3v) is 6.69. The van der Waals surface area contributed by atoms with Crippen LogP contribution in [0.15, 0.2) is 80.5 Å². The van der Waals surface area contributed by atoms with Crippen molar-refractivity contribution in [1.82, 2.24) is 24.1 Å². The van der Waals surface area contributed by atoms with Gasteiger partial charge >= 0.3 is 5.69 Å². The highest BCUT2D eigenvalue weighted by atomic mass is 16.5. The smallest absolute Gasteiger partial charge is 0.329 e. The van der Waals surface area contributed by atoms with Gasteiger partial charge in [-0.3, -0.25) is 18.9 Å². The number of aryl methyl sites for hydroxylation is 2. The first-order valence-electron chi connectivity index (χ1n) is 12.5. The summed E-state index contributed by atoms with van der Waals surface area (Å²) < 4.78 is 8.38. The van der Waals surface area contributed by atoms with Crippen LogP contribution in [-0.4, -0.2) is 47.0 Å². The van der Waals surface area contributed by atoms with Gasteiger partial charge in [0, 0.05) is 12.4 Å². The fourth-order valence-electron chi connectivity index (χ4n) is 4.66. The van der Waals surface area contributed by atoms with Gasteiger partial charge in [-0.05, 0) is 42.0 Å². The van der Waals surface area contributed by atoms with Crippen molar-refractivity contribution in [2.45, 2.75) is 19.6 Å². The van der Waals surface area contributed by atoms with Gasteiger partial charge in [0.25, 0.3) is 11.5 Å². The van der Waals surface area contributed by atoms with E-state index in [1.165, 1.54) is 16.2 Å². The minimum atomic E-state index is -1.07. The highest BCUT2D eigenvalue weighted by Crippen LogP contribution is 2.37. The molecule has 0 saturated heterocycles. The number of aromatic nitrogens is 5. The van der Waals surface area contributed by atoms with E-state index < -0.39 is 17.4 Å². The zero-order valence-electron chi connectivity index (χ0n) is 21.6. The van der Waals surface area contributed by atoms with Gasteiger partial charge < -0.3 is 19.9 Å². The lowest BCUT2D eigenvalue weighted by molar-refractivity contribution is 0.0938. The molecule has 6 aromatic rings. The van der Waals surface area contributed by atoms with E-state index in [-0.39, 0.29) is 41.8 Å². The fourth-order valence-corrected chi connectivity index (χ4v) is 4.66. The van der Waals surface area contributed by atoms with Crippen LogP contribution in [0.25, 0.3) is 32.8 Å². The largest absolute Gasteiger partial charge is 0.493 e. The molecule has 0 spiro atoms. The molecule has 3 heterocycles. The Labute approximate surface area is 225 Å². The Balaban J connectivity index is 1.34. The number of nitrogens with one attached hydrogen (secondary N) is 2. The van der Waals surface area contributed by atoms with E-state index >= 15 is 0 Å². The molecule has 12 heteroatoms. The van der Waals surface area contributed by atoms with E-state index in [1.807, 2.05) is 67.6 Å². The van der Waals surface area contributed by atoms with Crippen molar-refractivity contribution < 1.29 is 14.9 Å². The number of H-pyrrole nitrogens is 2. The molecular formula is C28H25N7O5. The van der Waals surface area contributed by atoms with Crippen LogP contribution in [-0.2, 0) is 13.6 Å². The first kappa shape index (κ1) is 25.1. The lowest BCUT2D eigenvalue weighted by Gasteiger charge is -2.14. The normalized spacial score (nSPS) is 12.7. The summed E-state index contributed by atoms with van der Waals surface area (Å²) in [4.78, 5) is 34.5. The van der Waals surface area contributed by atoms with E-state index in [2.05, 4.69) is 25.2 Å². The predicted molar refractivity (Wildman–Crippen MR) is 150 cm³/mol. The number of azo groups is 1. The van der Waals surface area contributed by atoms with Crippen molar-refractivity contribution in [2.75, 3.05) is 6.61 Å². The molecule has 0 fully saturated rings. The maximum absolute atomic E-state index is 12.8. The van der Waals surface area contributed by atoms with Gasteiger partial charge in [-0.25, -0.2) is 4.79 Å². The average Bonchev–Trinajstić information content (AvgIpc) is 3.45. The van der Waals surface area contributed by atoms with Crippen LogP contribution < -0.4 is 16.0 Å². The molecule has 0 aliphatic carbocycles. The average molecular weight is 540 g/mol. The number of imidazole rings is 1. The van der Waals surface area contributed by atoms with Crippen molar-refractivity contribution in [3.05, 3.63) is 87.1 Å². The van der Waals surface area contributed by atoms with E-state index in [0.717, 1.165) is 16.3 Å². The van der Waals surface area contributed by atoms with Gasteiger partial charge in [0.2, 0.25) is 5.88 Å². The van der Waals surface area contributed by atoms with Gasteiger partial charge in [0.1, 0.15) is 18.5 Å². The number of aromatic amines is 2. The molecule has 1 atom stereocenters. The van der Waals surface area contributed by atoms with Crippen molar-refractivity contribution in [3.63, 3.8) is 0 Å². The summed E-state index contributed by atoms with van der Waals surface area (Å²) in [7, 11) is 1.46. The number of aromatic hydroxyl groups is 1. The summed E-state index contributed by atoms with van der Waals surface area (Å²) in [5.41, 5.74) is 0.622. The Morgan fingerprint density at radius 2 is 1.82 bits per heavy atom. The first-order valence-corrected chi connectivity index (χ1v) is 12.5. The number of hydrogen-bond acceptors (Lipinski definition) is 8. The maximum atomic E-state index is 12.8. The fraction of sp³-hybridized carbons (Fsp3) is 0.179. The SMILES string of the molecule is Cc1ccc2[nH]c(O)c(N=Nc3nc4c(c(=O)[nH]c(=O)n4C)n3CC(O)COc3ccc4ccccc4c3)c2c1. The Bertz CT molecular complexity index is 2050. The number of nitrogens with zero attached hydrogens (tertiary/aromatic N) is 5. The second-order valence-corrected chi connectivity index (χ2v) is 9.56. The number of fused-ring (bicyclic) bond motifs is 3. The van der Waals surface area contributed by atoms with Gasteiger partial charge in [-0.1, -0.05) is 42.0 Å². The molecule has 12 nitrogen and oxygen atoms in total. The van der Waals surface area contributed by atoms with E-state index in [0.29, 0.717) is 16.7 Å². The molecule has 3 aromatic carbocycles. The highest BCUT2D eigenvalue weighted by molar-refractivity contribution is 5.94. The van der Waals surface area contributed by atoms with Gasteiger partial charge in [-0.2, -0.15) is 4.98 Å². The van der Waals surface area contributed by atoms with Crippen LogP contribution >= 0.6 is 0 Å². The minimum absolute atomic E-state index is 0.0344. The molecule has 0 saturated carbocycles. The zero-order chi connectivity index (χ0) is 28.0. The van der Waals surface area contributed by atoms with Crippen molar-refractivity contribution in [1.29, 1.82) is 0 Å². The molecule has 3 aromatic heterocycles. The number of aliphatic hydroxyl groups is 1. The molecule has 40 heavy (non-hydrogen) atoms. The molecule has 0 aliphatic heterocycles. The predicted octanol–water partition coefficient (Wildman–Crippen LogP) is 3.93. The monoisotopic (exact) mass is 539 g/mol. The van der Waals surface area contributed by atoms with Crippen LogP contribution in [0.2, 0.25) is 0 Å². The number of rotatable bonds is 7. The number of ether oxygens (including phenoxy) is 1. The summed E-state index contributed by atoms with van der Waals surface area (Å²) in [6.45, 7) is 1.71. The summed E-state index contributed by atoms with van der Waals surface area (Å²) in [6, 6.07) is 19.0. The minimum Gasteiger partial charge on any atom is -0.493 e. The number of hydrogen-bond donors (Lipinski definition) is 4. The van der Waals surface area contributed by atoms with Crippen molar-refractivity contribution in [2.24, 2.45) is 17.3 Å². The van der Waals surface area contributed by atoms with Crippen LogP contribution in [0.3, 0.4) is 0 Å². The molecule has 6 rings (SSSR count). The summed E-state index contributed by atoms with van der Waals surface area (Å²) in [6.07, 6.45) is -1.07. The summed E-state index contributed by atoms with van der Waals surface area (Å²) in [5.74, 6) is 0.368. The Kier molecular flexibility index (Phi) is 6.15. The van der Waals surface area contributed by atoms with Crippen LogP contribution in [0.5, 0.6) is 11.6 Å². The first-order chi connectivity index (χ1) is 19.3. The Morgan fingerprint density at radius 3 is 2.65 bits per heavy atom. The Hall–Kier alpha value is -5.23. The summed E-state index contributed by atoms with van der Waals surface area (Å²) >= 11 is 0. The number of aliphatic hydroxyl groups excluding tert-OH is 1. The lowest BCUT2D eigenvalue weighted by Crippen LogP contribution is -2.30. The van der Waals surface area contributed by atoms with E-state index in [4.69, 9.17) is 4.74 Å². The van der Waals surface area contributed by atoms with Gasteiger partial charge in [0.05, 0.1) is 12.1 Å². The number of benzene rings is 3. The second kappa shape index (κ2) is 9.82.